The first-order valence-electron chi connectivity index (χ1n) is 10.1. The van der Waals surface area contributed by atoms with Gasteiger partial charge in [0, 0.05) is 17.0 Å². The molecule has 0 saturated heterocycles. The van der Waals surface area contributed by atoms with Crippen LogP contribution in [0.3, 0.4) is 0 Å². The van der Waals surface area contributed by atoms with Gasteiger partial charge in [-0.05, 0) is 79.7 Å². The Hall–Kier alpha value is -0.340. The highest BCUT2D eigenvalue weighted by molar-refractivity contribution is 7.10. The predicted molar refractivity (Wildman–Crippen MR) is 99.9 cm³/mol. The largest absolute Gasteiger partial charge is 0.306 e. The molecule has 2 heteroatoms. The van der Waals surface area contributed by atoms with Crippen LogP contribution < -0.4 is 5.32 Å². The smallest absolute Gasteiger partial charge is 0.0304 e. The Morgan fingerprint density at radius 1 is 1.09 bits per heavy atom. The average Bonchev–Trinajstić information content (AvgIpc) is 2.88. The minimum absolute atomic E-state index is 0.499. The van der Waals surface area contributed by atoms with Crippen molar-refractivity contribution < 1.29 is 0 Å². The van der Waals surface area contributed by atoms with Crippen LogP contribution in [-0.4, -0.2) is 5.54 Å². The van der Waals surface area contributed by atoms with Gasteiger partial charge in [0.25, 0.3) is 0 Å². The summed E-state index contributed by atoms with van der Waals surface area (Å²) in [7, 11) is 0. The number of fused-ring (bicyclic) bond motifs is 1. The lowest BCUT2D eigenvalue weighted by molar-refractivity contribution is 0.0721. The van der Waals surface area contributed by atoms with Crippen molar-refractivity contribution >= 4 is 11.3 Å². The van der Waals surface area contributed by atoms with E-state index in [2.05, 4.69) is 23.7 Å². The van der Waals surface area contributed by atoms with Crippen LogP contribution in [0.4, 0.5) is 0 Å². The van der Waals surface area contributed by atoms with E-state index in [4.69, 9.17) is 0 Å². The second-order valence-corrected chi connectivity index (χ2v) is 9.77. The van der Waals surface area contributed by atoms with Gasteiger partial charge in [-0.3, -0.25) is 0 Å². The molecule has 0 amide bonds. The quantitative estimate of drug-likeness (QED) is 0.611. The van der Waals surface area contributed by atoms with Crippen molar-refractivity contribution in [3.63, 3.8) is 0 Å². The first-order chi connectivity index (χ1) is 11.2. The summed E-state index contributed by atoms with van der Waals surface area (Å²) in [5, 5.41) is 6.48. The highest BCUT2D eigenvalue weighted by Crippen LogP contribution is 2.53. The standard InChI is InChI=1S/C21H33NS/c1-2-3-4-5-18-10-20(23-15-18)14-22-21-11-16-6-7-17(12-21)9-19(8-16)13-21/h10,15-17,19,22H,2-9,11-14H2,1H3. The van der Waals surface area contributed by atoms with Crippen LogP contribution >= 0.6 is 11.3 Å². The van der Waals surface area contributed by atoms with Gasteiger partial charge < -0.3 is 5.32 Å². The lowest BCUT2D eigenvalue weighted by Crippen LogP contribution is -2.53. The van der Waals surface area contributed by atoms with Crippen LogP contribution in [0.2, 0.25) is 0 Å². The Morgan fingerprint density at radius 2 is 1.83 bits per heavy atom. The molecule has 0 spiro atoms. The second kappa shape index (κ2) is 6.88. The Morgan fingerprint density at radius 3 is 2.57 bits per heavy atom. The van der Waals surface area contributed by atoms with E-state index in [1.165, 1.54) is 57.8 Å². The third kappa shape index (κ3) is 3.69. The summed E-state index contributed by atoms with van der Waals surface area (Å²) < 4.78 is 0. The molecule has 23 heavy (non-hydrogen) atoms. The van der Waals surface area contributed by atoms with E-state index in [9.17, 15) is 0 Å². The van der Waals surface area contributed by atoms with Crippen molar-refractivity contribution in [2.75, 3.05) is 0 Å². The molecule has 1 nitrogen and oxygen atoms in total. The zero-order valence-electron chi connectivity index (χ0n) is 14.8. The Labute approximate surface area is 146 Å². The maximum absolute atomic E-state index is 4.07. The Bertz CT molecular complexity index is 504. The third-order valence-corrected chi connectivity index (χ3v) is 7.75. The number of nitrogens with one attached hydrogen (secondary N) is 1. The zero-order chi connectivity index (χ0) is 15.7. The van der Waals surface area contributed by atoms with Gasteiger partial charge in [0.2, 0.25) is 0 Å². The minimum atomic E-state index is 0.499. The maximum Gasteiger partial charge on any atom is 0.0304 e. The van der Waals surface area contributed by atoms with Crippen molar-refractivity contribution in [3.8, 4) is 0 Å². The van der Waals surface area contributed by atoms with Crippen LogP contribution in [0.1, 0.15) is 81.6 Å². The number of unbranched alkanes of at least 4 members (excludes halogenated alkanes) is 2. The molecule has 0 aliphatic heterocycles. The minimum Gasteiger partial charge on any atom is -0.306 e. The van der Waals surface area contributed by atoms with Gasteiger partial charge in [-0.25, -0.2) is 0 Å². The number of aryl methyl sites for hydroxylation is 1. The third-order valence-electron chi connectivity index (χ3n) is 6.77. The molecule has 0 radical (unpaired) electrons. The van der Waals surface area contributed by atoms with Crippen molar-refractivity contribution in [1.29, 1.82) is 0 Å². The molecule has 2 unspecified atom stereocenters. The van der Waals surface area contributed by atoms with Gasteiger partial charge in [-0.1, -0.05) is 32.6 Å². The topological polar surface area (TPSA) is 12.0 Å². The van der Waals surface area contributed by atoms with Crippen molar-refractivity contribution in [2.24, 2.45) is 17.8 Å². The number of thiophene rings is 1. The van der Waals surface area contributed by atoms with Gasteiger partial charge in [0.1, 0.15) is 0 Å². The lowest BCUT2D eigenvalue weighted by atomic mass is 9.63. The molecular formula is C21H33NS. The molecule has 1 aromatic heterocycles. The molecule has 4 bridgehead atoms. The zero-order valence-corrected chi connectivity index (χ0v) is 15.6. The Balaban J connectivity index is 1.35. The monoisotopic (exact) mass is 331 g/mol. The van der Waals surface area contributed by atoms with Crippen LogP contribution in [0.15, 0.2) is 11.4 Å². The molecule has 4 aliphatic carbocycles. The predicted octanol–water partition coefficient (Wildman–Crippen LogP) is 5.93. The highest BCUT2D eigenvalue weighted by Gasteiger charge is 2.48. The molecule has 0 aromatic carbocycles. The second-order valence-electron chi connectivity index (χ2n) is 8.77. The fourth-order valence-electron chi connectivity index (χ4n) is 5.91. The fourth-order valence-corrected chi connectivity index (χ4v) is 6.78. The van der Waals surface area contributed by atoms with Crippen molar-refractivity contribution in [1.82, 2.24) is 5.32 Å². The summed E-state index contributed by atoms with van der Waals surface area (Å²) in [5.41, 5.74) is 2.07. The van der Waals surface area contributed by atoms with Gasteiger partial charge in [0.05, 0.1) is 0 Å². The SMILES string of the molecule is CCCCCc1csc(CNC23CC4CCC(CC(C4)C2)C3)c1. The van der Waals surface area contributed by atoms with E-state index < -0.39 is 0 Å². The summed E-state index contributed by atoms with van der Waals surface area (Å²) in [5.74, 6) is 3.10. The van der Waals surface area contributed by atoms with E-state index in [-0.39, 0.29) is 0 Å². The van der Waals surface area contributed by atoms with Gasteiger partial charge >= 0.3 is 0 Å². The molecule has 4 fully saturated rings. The van der Waals surface area contributed by atoms with Gasteiger partial charge in [-0.2, -0.15) is 0 Å². The van der Waals surface area contributed by atoms with Crippen LogP contribution in [0.5, 0.6) is 0 Å². The first-order valence-corrected chi connectivity index (χ1v) is 10.9. The number of hydrogen-bond acceptors (Lipinski definition) is 2. The van der Waals surface area contributed by atoms with Gasteiger partial charge in [0.15, 0.2) is 0 Å². The summed E-state index contributed by atoms with van der Waals surface area (Å²) in [4.78, 5) is 1.56. The molecule has 2 atom stereocenters. The molecule has 4 saturated carbocycles. The van der Waals surface area contributed by atoms with Crippen LogP contribution in [0.25, 0.3) is 0 Å². The van der Waals surface area contributed by atoms with Crippen molar-refractivity contribution in [2.45, 2.75) is 89.6 Å². The molecule has 128 valence electrons. The number of rotatable bonds is 7. The molecule has 1 N–H and O–H groups in total. The summed E-state index contributed by atoms with van der Waals surface area (Å²) in [6.07, 6.45) is 15.9. The Kier molecular flexibility index (Phi) is 4.83. The summed E-state index contributed by atoms with van der Waals surface area (Å²) >= 11 is 1.98. The summed E-state index contributed by atoms with van der Waals surface area (Å²) in [6, 6.07) is 2.47. The van der Waals surface area contributed by atoms with E-state index in [1.807, 2.05) is 11.3 Å². The van der Waals surface area contributed by atoms with Crippen LogP contribution in [0, 0.1) is 17.8 Å². The lowest BCUT2D eigenvalue weighted by Gasteiger charge is -2.49. The molecule has 4 aliphatic rings. The fraction of sp³-hybridized carbons (Fsp3) is 0.810. The molecular weight excluding hydrogens is 298 g/mol. The maximum atomic E-state index is 4.07. The normalized spacial score (nSPS) is 35.6. The van der Waals surface area contributed by atoms with Crippen molar-refractivity contribution in [3.05, 3.63) is 21.9 Å². The molecule has 5 rings (SSSR count). The average molecular weight is 332 g/mol. The van der Waals surface area contributed by atoms with Crippen LogP contribution in [-0.2, 0) is 13.0 Å². The molecule has 1 aromatic rings. The highest BCUT2D eigenvalue weighted by atomic mass is 32.1. The van der Waals surface area contributed by atoms with E-state index in [1.54, 1.807) is 23.3 Å². The first kappa shape index (κ1) is 16.1. The molecule has 1 heterocycles. The van der Waals surface area contributed by atoms with Gasteiger partial charge in [-0.15, -0.1) is 11.3 Å². The number of hydrogen-bond donors (Lipinski definition) is 1. The van der Waals surface area contributed by atoms with E-state index >= 15 is 0 Å². The summed E-state index contributed by atoms with van der Waals surface area (Å²) in [6.45, 7) is 3.40. The van der Waals surface area contributed by atoms with E-state index in [0.29, 0.717) is 5.54 Å². The van der Waals surface area contributed by atoms with E-state index in [0.717, 1.165) is 24.3 Å².